The Morgan fingerprint density at radius 1 is 1.05 bits per heavy atom. The molecule has 6 heteroatoms. The predicted octanol–water partition coefficient (Wildman–Crippen LogP) is 6.88. The number of amides is 1. The maximum absolute atomic E-state index is 12.4. The molecule has 4 rings (SSSR count). The highest BCUT2D eigenvalue weighted by atomic mass is 35.5. The minimum absolute atomic E-state index is 0.0372. The van der Waals surface area contributed by atoms with E-state index in [1.165, 1.54) is 11.1 Å². The van der Waals surface area contributed by atoms with Gasteiger partial charge in [0.1, 0.15) is 11.6 Å². The Kier molecular flexibility index (Phi) is 9.24. The summed E-state index contributed by atoms with van der Waals surface area (Å²) in [4.78, 5) is 17.3. The van der Waals surface area contributed by atoms with E-state index in [1.54, 1.807) is 0 Å². The minimum Gasteiger partial charge on any atom is -0.493 e. The van der Waals surface area contributed by atoms with E-state index in [2.05, 4.69) is 54.9 Å². The highest BCUT2D eigenvalue weighted by Gasteiger charge is 2.12. The average Bonchev–Trinajstić information content (AvgIpc) is 3.22. The number of halogens is 1. The maximum Gasteiger partial charge on any atom is 0.224 e. The number of ether oxygens (including phenoxy) is 1. The van der Waals surface area contributed by atoms with Crippen LogP contribution in [0, 0.1) is 6.92 Å². The molecule has 0 fully saturated rings. The molecule has 1 N–H and O–H groups in total. The lowest BCUT2D eigenvalue weighted by Crippen LogP contribution is -2.28. The molecule has 0 saturated carbocycles. The van der Waals surface area contributed by atoms with Crippen LogP contribution in [0.25, 0.3) is 11.0 Å². The predicted molar refractivity (Wildman–Crippen MR) is 152 cm³/mol. The molecule has 0 saturated heterocycles. The van der Waals surface area contributed by atoms with Crippen molar-refractivity contribution in [2.45, 2.75) is 58.9 Å². The fourth-order valence-electron chi connectivity index (χ4n) is 4.55. The number of carbonyl (C=O) groups excluding carboxylic acids is 1. The Bertz CT molecular complexity index is 1350. The highest BCUT2D eigenvalue weighted by molar-refractivity contribution is 6.31. The summed E-state index contributed by atoms with van der Waals surface area (Å²) in [6.45, 7) is 8.56. The van der Waals surface area contributed by atoms with Gasteiger partial charge in [0.25, 0.3) is 0 Å². The van der Waals surface area contributed by atoms with Gasteiger partial charge in [-0.05, 0) is 66.6 Å². The topological polar surface area (TPSA) is 56.1 Å². The summed E-state index contributed by atoms with van der Waals surface area (Å²) in [5.41, 5.74) is 5.42. The number of hydrogen-bond acceptors (Lipinski definition) is 3. The maximum atomic E-state index is 12.4. The second-order valence-electron chi connectivity index (χ2n) is 9.79. The van der Waals surface area contributed by atoms with Crippen LogP contribution in [0.3, 0.4) is 0 Å². The van der Waals surface area contributed by atoms with E-state index in [0.717, 1.165) is 47.6 Å². The number of aryl methyl sites for hydroxylation is 2. The van der Waals surface area contributed by atoms with Crippen molar-refractivity contribution in [1.29, 1.82) is 0 Å². The molecule has 0 radical (unpaired) electrons. The Hall–Kier alpha value is -3.31. The van der Waals surface area contributed by atoms with Crippen molar-refractivity contribution in [1.82, 2.24) is 14.9 Å². The molecule has 0 bridgehead atoms. The molecule has 0 aliphatic heterocycles. The molecular weight excluding hydrogens is 482 g/mol. The zero-order chi connectivity index (χ0) is 26.2. The van der Waals surface area contributed by atoms with Crippen LogP contribution in [-0.4, -0.2) is 28.6 Å². The summed E-state index contributed by atoms with van der Waals surface area (Å²) < 4.78 is 8.46. The van der Waals surface area contributed by atoms with E-state index in [9.17, 15) is 4.79 Å². The van der Waals surface area contributed by atoms with E-state index in [1.807, 2.05) is 42.5 Å². The fourth-order valence-corrected chi connectivity index (χ4v) is 4.76. The zero-order valence-corrected chi connectivity index (χ0v) is 22.7. The SMILES string of the molecule is Cc1ccc(C(C)C)c(OCCCCn2c(CCNC(=O)Cc3ccccc3Cl)nc3ccccc32)c1. The van der Waals surface area contributed by atoms with Crippen LogP contribution in [0.15, 0.2) is 66.7 Å². The Morgan fingerprint density at radius 3 is 2.65 bits per heavy atom. The molecule has 5 nitrogen and oxygen atoms in total. The molecule has 194 valence electrons. The second kappa shape index (κ2) is 12.8. The molecule has 0 aliphatic rings. The summed E-state index contributed by atoms with van der Waals surface area (Å²) in [5.74, 6) is 2.38. The zero-order valence-electron chi connectivity index (χ0n) is 22.0. The van der Waals surface area contributed by atoms with Gasteiger partial charge >= 0.3 is 0 Å². The molecule has 0 spiro atoms. The number of unbranched alkanes of at least 4 members (excludes halogenated alkanes) is 1. The van der Waals surface area contributed by atoms with Gasteiger partial charge in [-0.3, -0.25) is 4.79 Å². The van der Waals surface area contributed by atoms with Crippen LogP contribution in [-0.2, 0) is 24.2 Å². The number of nitrogens with one attached hydrogen (secondary N) is 1. The number of para-hydroxylation sites is 2. The molecule has 0 unspecified atom stereocenters. The van der Waals surface area contributed by atoms with Gasteiger partial charge in [0, 0.05) is 24.5 Å². The first kappa shape index (κ1) is 26.7. The first-order chi connectivity index (χ1) is 17.9. The van der Waals surface area contributed by atoms with Gasteiger partial charge < -0.3 is 14.6 Å². The Balaban J connectivity index is 1.32. The van der Waals surface area contributed by atoms with Crippen LogP contribution in [0.5, 0.6) is 5.75 Å². The van der Waals surface area contributed by atoms with E-state index < -0.39 is 0 Å². The number of rotatable bonds is 12. The van der Waals surface area contributed by atoms with E-state index in [-0.39, 0.29) is 12.3 Å². The standard InChI is InChI=1S/C31H36ClN3O2/c1-22(2)25-15-14-23(3)20-29(25)37-19-9-8-18-35-28-13-7-6-12-27(28)34-30(35)16-17-33-31(36)21-24-10-4-5-11-26(24)32/h4-7,10-15,20,22H,8-9,16-19,21H2,1-3H3,(H,33,36). The fraction of sp³-hybridized carbons (Fsp3) is 0.355. The molecule has 0 atom stereocenters. The van der Waals surface area contributed by atoms with Crippen molar-refractivity contribution in [2.75, 3.05) is 13.2 Å². The summed E-state index contributed by atoms with van der Waals surface area (Å²) in [7, 11) is 0. The lowest BCUT2D eigenvalue weighted by atomic mass is 10.0. The van der Waals surface area contributed by atoms with Crippen molar-refractivity contribution < 1.29 is 9.53 Å². The van der Waals surface area contributed by atoms with Crippen LogP contribution < -0.4 is 10.1 Å². The van der Waals surface area contributed by atoms with Gasteiger partial charge in [0.05, 0.1) is 24.1 Å². The third-order valence-electron chi connectivity index (χ3n) is 6.54. The number of carbonyl (C=O) groups is 1. The van der Waals surface area contributed by atoms with Crippen molar-refractivity contribution in [3.8, 4) is 5.75 Å². The lowest BCUT2D eigenvalue weighted by Gasteiger charge is -2.15. The molecule has 3 aromatic carbocycles. The van der Waals surface area contributed by atoms with Crippen LogP contribution in [0.1, 0.15) is 55.1 Å². The van der Waals surface area contributed by atoms with Gasteiger partial charge in [0.15, 0.2) is 0 Å². The minimum atomic E-state index is -0.0372. The molecule has 0 aliphatic carbocycles. The summed E-state index contributed by atoms with van der Waals surface area (Å²) >= 11 is 6.20. The number of nitrogens with zero attached hydrogens (tertiary/aromatic N) is 2. The van der Waals surface area contributed by atoms with Crippen LogP contribution in [0.4, 0.5) is 0 Å². The van der Waals surface area contributed by atoms with Gasteiger partial charge in [-0.15, -0.1) is 0 Å². The van der Waals surface area contributed by atoms with E-state index >= 15 is 0 Å². The van der Waals surface area contributed by atoms with Crippen molar-refractivity contribution in [3.63, 3.8) is 0 Å². The smallest absolute Gasteiger partial charge is 0.224 e. The summed E-state index contributed by atoms with van der Waals surface area (Å²) in [5, 5.41) is 3.64. The normalized spacial score (nSPS) is 11.3. The molecule has 1 aromatic heterocycles. The Labute approximate surface area is 224 Å². The van der Waals surface area contributed by atoms with Crippen LogP contribution >= 0.6 is 11.6 Å². The third-order valence-corrected chi connectivity index (χ3v) is 6.91. The van der Waals surface area contributed by atoms with Gasteiger partial charge in [0.2, 0.25) is 5.91 Å². The van der Waals surface area contributed by atoms with Crippen molar-refractivity contribution in [3.05, 3.63) is 94.3 Å². The van der Waals surface area contributed by atoms with Crippen molar-refractivity contribution >= 4 is 28.5 Å². The van der Waals surface area contributed by atoms with Gasteiger partial charge in [-0.1, -0.05) is 67.9 Å². The lowest BCUT2D eigenvalue weighted by molar-refractivity contribution is -0.120. The largest absolute Gasteiger partial charge is 0.493 e. The molecular formula is C31H36ClN3O2. The number of benzene rings is 3. The summed E-state index contributed by atoms with van der Waals surface area (Å²) in [6, 6.07) is 22.1. The quantitative estimate of drug-likeness (QED) is 0.208. The first-order valence-electron chi connectivity index (χ1n) is 13.1. The summed E-state index contributed by atoms with van der Waals surface area (Å²) in [6.07, 6.45) is 2.87. The molecule has 37 heavy (non-hydrogen) atoms. The van der Waals surface area contributed by atoms with E-state index in [0.29, 0.717) is 30.5 Å². The van der Waals surface area contributed by atoms with Gasteiger partial charge in [-0.2, -0.15) is 0 Å². The first-order valence-corrected chi connectivity index (χ1v) is 13.5. The molecule has 1 heterocycles. The average molecular weight is 518 g/mol. The number of fused-ring (bicyclic) bond motifs is 1. The van der Waals surface area contributed by atoms with E-state index in [4.69, 9.17) is 21.3 Å². The van der Waals surface area contributed by atoms with Crippen LogP contribution in [0.2, 0.25) is 5.02 Å². The highest BCUT2D eigenvalue weighted by Crippen LogP contribution is 2.27. The monoisotopic (exact) mass is 517 g/mol. The molecule has 4 aromatic rings. The number of hydrogen-bond donors (Lipinski definition) is 1. The number of aromatic nitrogens is 2. The van der Waals surface area contributed by atoms with Gasteiger partial charge in [-0.25, -0.2) is 4.98 Å². The molecule has 1 amide bonds. The Morgan fingerprint density at radius 2 is 1.84 bits per heavy atom. The third kappa shape index (κ3) is 7.14. The second-order valence-corrected chi connectivity index (χ2v) is 10.2. The van der Waals surface area contributed by atoms with Crippen molar-refractivity contribution in [2.24, 2.45) is 0 Å². The number of imidazole rings is 1.